The zero-order chi connectivity index (χ0) is 16.9. The second kappa shape index (κ2) is 7.83. The molecular formula is C17H19N3O2S2. The van der Waals surface area contributed by atoms with Gasteiger partial charge in [-0.15, -0.1) is 10.2 Å². The molecule has 0 saturated carbocycles. The number of furan rings is 1. The molecule has 1 aromatic carbocycles. The van der Waals surface area contributed by atoms with Crippen LogP contribution in [0.2, 0.25) is 0 Å². The van der Waals surface area contributed by atoms with Crippen LogP contribution in [0.4, 0.5) is 5.13 Å². The highest BCUT2D eigenvalue weighted by molar-refractivity contribution is 8.01. The van der Waals surface area contributed by atoms with E-state index in [0.717, 1.165) is 26.4 Å². The number of hydrogen-bond donors (Lipinski definition) is 2. The van der Waals surface area contributed by atoms with Gasteiger partial charge in [0.2, 0.25) is 5.13 Å². The van der Waals surface area contributed by atoms with Crippen LogP contribution in [0.5, 0.6) is 0 Å². The summed E-state index contributed by atoms with van der Waals surface area (Å²) >= 11 is 2.99. The molecule has 126 valence electrons. The van der Waals surface area contributed by atoms with E-state index < -0.39 is 6.10 Å². The number of nitrogens with zero attached hydrogens (tertiary/aromatic N) is 2. The van der Waals surface area contributed by atoms with Crippen molar-refractivity contribution < 1.29 is 9.52 Å². The number of aliphatic hydroxyl groups excluding tert-OH is 1. The average molecular weight is 361 g/mol. The molecule has 0 fully saturated rings. The van der Waals surface area contributed by atoms with E-state index in [1.807, 2.05) is 31.2 Å². The first-order valence-electron chi connectivity index (χ1n) is 7.59. The highest BCUT2D eigenvalue weighted by atomic mass is 32.2. The lowest BCUT2D eigenvalue weighted by Crippen LogP contribution is -2.03. The van der Waals surface area contributed by atoms with Gasteiger partial charge in [0.15, 0.2) is 4.34 Å². The van der Waals surface area contributed by atoms with Gasteiger partial charge in [-0.1, -0.05) is 46.9 Å². The average Bonchev–Trinajstić information content (AvgIpc) is 3.22. The summed E-state index contributed by atoms with van der Waals surface area (Å²) in [6.07, 6.45) is 1.13. The van der Waals surface area contributed by atoms with Crippen molar-refractivity contribution in [1.29, 1.82) is 0 Å². The van der Waals surface area contributed by atoms with Crippen molar-refractivity contribution >= 4 is 28.2 Å². The number of benzene rings is 1. The molecule has 0 radical (unpaired) electrons. The van der Waals surface area contributed by atoms with E-state index in [-0.39, 0.29) is 0 Å². The van der Waals surface area contributed by atoms with Crippen LogP contribution in [0.25, 0.3) is 0 Å². The Bertz CT molecular complexity index is 787. The van der Waals surface area contributed by atoms with Crippen molar-refractivity contribution in [2.75, 3.05) is 11.1 Å². The maximum atomic E-state index is 10.4. The van der Waals surface area contributed by atoms with Gasteiger partial charge in [-0.3, -0.25) is 0 Å². The van der Waals surface area contributed by atoms with Gasteiger partial charge in [0.1, 0.15) is 5.76 Å². The number of aromatic nitrogens is 2. The fourth-order valence-electron chi connectivity index (χ4n) is 2.35. The lowest BCUT2D eigenvalue weighted by molar-refractivity contribution is 0.203. The van der Waals surface area contributed by atoms with Crippen molar-refractivity contribution in [2.24, 2.45) is 0 Å². The summed E-state index contributed by atoms with van der Waals surface area (Å²) in [5.74, 6) is 1.40. The molecule has 0 aliphatic rings. The maximum Gasteiger partial charge on any atom is 0.206 e. The van der Waals surface area contributed by atoms with Crippen LogP contribution in [0.3, 0.4) is 0 Å². The molecule has 2 heterocycles. The van der Waals surface area contributed by atoms with E-state index in [4.69, 9.17) is 4.42 Å². The van der Waals surface area contributed by atoms with E-state index in [2.05, 4.69) is 28.5 Å². The van der Waals surface area contributed by atoms with Crippen molar-refractivity contribution in [3.8, 4) is 0 Å². The van der Waals surface area contributed by atoms with Crippen LogP contribution in [0.1, 0.15) is 28.6 Å². The summed E-state index contributed by atoms with van der Waals surface area (Å²) in [6.45, 7) is 4.66. The number of rotatable bonds is 7. The molecule has 0 aliphatic heterocycles. The van der Waals surface area contributed by atoms with Gasteiger partial charge < -0.3 is 14.8 Å². The van der Waals surface area contributed by atoms with Crippen LogP contribution in [0, 0.1) is 13.8 Å². The molecule has 0 unspecified atom stereocenters. The third kappa shape index (κ3) is 4.37. The summed E-state index contributed by atoms with van der Waals surface area (Å²) < 4.78 is 6.10. The second-order valence-electron chi connectivity index (χ2n) is 5.49. The molecule has 2 N–H and O–H groups in total. The Hall–Kier alpha value is -1.83. The van der Waals surface area contributed by atoms with Crippen molar-refractivity contribution in [3.63, 3.8) is 0 Å². The van der Waals surface area contributed by atoms with E-state index in [0.29, 0.717) is 12.3 Å². The highest BCUT2D eigenvalue weighted by Crippen LogP contribution is 2.30. The van der Waals surface area contributed by atoms with Crippen LogP contribution in [-0.2, 0) is 6.54 Å². The third-order valence-corrected chi connectivity index (χ3v) is 5.64. The summed E-state index contributed by atoms with van der Waals surface area (Å²) in [4.78, 5) is 0. The van der Waals surface area contributed by atoms with Crippen molar-refractivity contribution in [1.82, 2.24) is 10.2 Å². The molecule has 5 nitrogen and oxygen atoms in total. The summed E-state index contributed by atoms with van der Waals surface area (Å²) in [6, 6.07) is 9.87. The minimum atomic E-state index is -0.515. The monoisotopic (exact) mass is 361 g/mol. The number of anilines is 1. The topological polar surface area (TPSA) is 71.2 Å². The number of thioether (sulfide) groups is 1. The van der Waals surface area contributed by atoms with Crippen molar-refractivity contribution in [2.45, 2.75) is 30.8 Å². The molecule has 0 bridgehead atoms. The minimum Gasteiger partial charge on any atom is -0.467 e. The Labute approximate surface area is 149 Å². The molecule has 1 atom stereocenters. The smallest absolute Gasteiger partial charge is 0.206 e. The Morgan fingerprint density at radius 2 is 2.17 bits per heavy atom. The number of aliphatic hydroxyl groups is 1. The highest BCUT2D eigenvalue weighted by Gasteiger charge is 2.13. The first kappa shape index (κ1) is 17.0. The van der Waals surface area contributed by atoms with Gasteiger partial charge in [0.25, 0.3) is 0 Å². The summed E-state index contributed by atoms with van der Waals surface area (Å²) in [5.41, 5.74) is 3.28. The van der Waals surface area contributed by atoms with E-state index in [9.17, 15) is 5.11 Å². The minimum absolute atomic E-state index is 0.515. The Balaban J connectivity index is 1.53. The second-order valence-corrected chi connectivity index (χ2v) is 7.74. The van der Waals surface area contributed by atoms with Gasteiger partial charge in [-0.2, -0.15) is 0 Å². The molecule has 0 saturated heterocycles. The fourth-order valence-corrected chi connectivity index (χ4v) is 4.08. The van der Waals surface area contributed by atoms with E-state index in [1.54, 1.807) is 6.26 Å². The number of nitrogens with one attached hydrogen (secondary N) is 1. The molecule has 24 heavy (non-hydrogen) atoms. The Morgan fingerprint density at radius 3 is 2.92 bits per heavy atom. The molecular weight excluding hydrogens is 342 g/mol. The summed E-state index contributed by atoms with van der Waals surface area (Å²) in [5, 5.41) is 22.6. The predicted octanol–water partition coefficient (Wildman–Crippen LogP) is 4.19. The lowest BCUT2D eigenvalue weighted by Gasteiger charge is -2.13. The van der Waals surface area contributed by atoms with Gasteiger partial charge in [0.05, 0.1) is 18.9 Å². The molecule has 7 heteroatoms. The fraction of sp³-hybridized carbons (Fsp3) is 0.294. The van der Waals surface area contributed by atoms with Crippen LogP contribution in [0.15, 0.2) is 45.4 Å². The maximum absolute atomic E-state index is 10.4. The predicted molar refractivity (Wildman–Crippen MR) is 97.5 cm³/mol. The van der Waals surface area contributed by atoms with Crippen LogP contribution >= 0.6 is 23.1 Å². The molecule has 0 amide bonds. The standard InChI is InChI=1S/C17H19N3O2S2/c1-11-5-6-14(12(2)8-11)15(21)10-23-17-20-19-16(24-17)18-9-13-4-3-7-22-13/h3-8,15,21H,9-10H2,1-2H3,(H,18,19)/t15-/m0/s1. The molecule has 2 aromatic heterocycles. The number of aryl methyl sites for hydroxylation is 2. The van der Waals surface area contributed by atoms with E-state index >= 15 is 0 Å². The zero-order valence-corrected chi connectivity index (χ0v) is 15.2. The Morgan fingerprint density at radius 1 is 1.29 bits per heavy atom. The van der Waals surface area contributed by atoms with Gasteiger partial charge >= 0.3 is 0 Å². The largest absolute Gasteiger partial charge is 0.467 e. The first-order chi connectivity index (χ1) is 11.6. The zero-order valence-electron chi connectivity index (χ0n) is 13.5. The molecule has 3 rings (SSSR count). The molecule has 0 aliphatic carbocycles. The SMILES string of the molecule is Cc1ccc([C@@H](O)CSc2nnc(NCc3ccco3)s2)c(C)c1. The van der Waals surface area contributed by atoms with Crippen LogP contribution < -0.4 is 5.32 Å². The van der Waals surface area contributed by atoms with Gasteiger partial charge in [-0.25, -0.2) is 0 Å². The van der Waals surface area contributed by atoms with E-state index in [1.165, 1.54) is 28.7 Å². The molecule has 0 spiro atoms. The van der Waals surface area contributed by atoms with Gasteiger partial charge in [-0.05, 0) is 37.1 Å². The number of hydrogen-bond acceptors (Lipinski definition) is 7. The van der Waals surface area contributed by atoms with Gasteiger partial charge in [0, 0.05) is 5.75 Å². The third-order valence-electron chi connectivity index (χ3n) is 3.55. The lowest BCUT2D eigenvalue weighted by atomic mass is 10.0. The van der Waals surface area contributed by atoms with Crippen LogP contribution in [-0.4, -0.2) is 21.1 Å². The first-order valence-corrected chi connectivity index (χ1v) is 9.40. The van der Waals surface area contributed by atoms with Crippen molar-refractivity contribution in [3.05, 3.63) is 59.0 Å². The Kier molecular flexibility index (Phi) is 5.55. The summed E-state index contributed by atoms with van der Waals surface area (Å²) in [7, 11) is 0. The normalized spacial score (nSPS) is 12.3. The quantitative estimate of drug-likeness (QED) is 0.615. The molecule has 3 aromatic rings.